The van der Waals surface area contributed by atoms with Crippen molar-refractivity contribution in [1.29, 1.82) is 0 Å². The Balaban J connectivity index is 2.50. The van der Waals surface area contributed by atoms with E-state index < -0.39 is 22.5 Å². The maximum Gasteiger partial charge on any atom is 0.325 e. The van der Waals surface area contributed by atoms with Crippen LogP contribution in [0.15, 0.2) is 34.8 Å². The van der Waals surface area contributed by atoms with Gasteiger partial charge in [-0.15, -0.1) is 0 Å². The SMILES string of the molecule is CC1=C(c2ccc(C)cc2)S(=O)(=O)NC1=NCC(=O)O. The predicted molar refractivity (Wildman–Crippen MR) is 75.8 cm³/mol. The van der Waals surface area contributed by atoms with E-state index in [9.17, 15) is 13.2 Å². The number of carboxylic acid groups (broad SMARTS) is 1. The number of nitrogens with zero attached hydrogens (tertiary/aromatic N) is 1. The van der Waals surface area contributed by atoms with Gasteiger partial charge in [-0.1, -0.05) is 29.8 Å². The van der Waals surface area contributed by atoms with Gasteiger partial charge in [0.05, 0.1) is 0 Å². The van der Waals surface area contributed by atoms with Crippen LogP contribution < -0.4 is 4.72 Å². The zero-order chi connectivity index (χ0) is 14.9. The second-order valence-electron chi connectivity index (χ2n) is 4.48. The summed E-state index contributed by atoms with van der Waals surface area (Å²) in [7, 11) is -3.69. The quantitative estimate of drug-likeness (QED) is 0.873. The van der Waals surface area contributed by atoms with Crippen LogP contribution in [0.3, 0.4) is 0 Å². The highest BCUT2D eigenvalue weighted by atomic mass is 32.2. The molecular weight excluding hydrogens is 280 g/mol. The average molecular weight is 294 g/mol. The molecule has 1 heterocycles. The first-order chi connectivity index (χ1) is 9.31. The van der Waals surface area contributed by atoms with Crippen LogP contribution in [0, 0.1) is 6.92 Å². The molecule has 0 aromatic heterocycles. The molecule has 0 atom stereocenters. The maximum atomic E-state index is 12.1. The summed E-state index contributed by atoms with van der Waals surface area (Å²) in [6.07, 6.45) is 0. The monoisotopic (exact) mass is 294 g/mol. The van der Waals surface area contributed by atoms with Crippen molar-refractivity contribution in [3.63, 3.8) is 0 Å². The Morgan fingerprint density at radius 1 is 1.25 bits per heavy atom. The van der Waals surface area contributed by atoms with E-state index in [1.807, 2.05) is 19.1 Å². The van der Waals surface area contributed by atoms with E-state index in [2.05, 4.69) is 9.71 Å². The van der Waals surface area contributed by atoms with Crippen LogP contribution in [0.2, 0.25) is 0 Å². The number of sulfonamides is 1. The number of rotatable bonds is 3. The minimum atomic E-state index is -3.69. The van der Waals surface area contributed by atoms with Gasteiger partial charge in [-0.05, 0) is 19.4 Å². The number of benzene rings is 1. The van der Waals surface area contributed by atoms with Crippen LogP contribution in [0.1, 0.15) is 18.1 Å². The molecule has 7 heteroatoms. The third-order valence-electron chi connectivity index (χ3n) is 2.88. The van der Waals surface area contributed by atoms with E-state index in [-0.39, 0.29) is 10.7 Å². The van der Waals surface area contributed by atoms with Gasteiger partial charge in [0, 0.05) is 5.57 Å². The van der Waals surface area contributed by atoms with Gasteiger partial charge < -0.3 is 5.11 Å². The number of aliphatic carboxylic acids is 1. The number of aliphatic imine (C=N–C) groups is 1. The van der Waals surface area contributed by atoms with Crippen molar-refractivity contribution in [3.05, 3.63) is 41.0 Å². The molecule has 0 spiro atoms. The Bertz CT molecular complexity index is 715. The number of carbonyl (C=O) groups is 1. The second kappa shape index (κ2) is 5.09. The molecule has 0 bridgehead atoms. The highest BCUT2D eigenvalue weighted by molar-refractivity contribution is 8.00. The fourth-order valence-electron chi connectivity index (χ4n) is 1.94. The third kappa shape index (κ3) is 2.72. The first kappa shape index (κ1) is 14.3. The van der Waals surface area contributed by atoms with Gasteiger partial charge in [0.1, 0.15) is 17.3 Å². The lowest BCUT2D eigenvalue weighted by molar-refractivity contribution is -0.135. The molecule has 1 aromatic carbocycles. The summed E-state index contributed by atoms with van der Waals surface area (Å²) in [5.41, 5.74) is 2.01. The van der Waals surface area contributed by atoms with Crippen LogP contribution >= 0.6 is 0 Å². The molecule has 106 valence electrons. The van der Waals surface area contributed by atoms with Gasteiger partial charge in [-0.3, -0.25) is 14.5 Å². The van der Waals surface area contributed by atoms with Gasteiger partial charge in [0.25, 0.3) is 10.0 Å². The minimum Gasteiger partial charge on any atom is -0.480 e. The van der Waals surface area contributed by atoms with E-state index >= 15 is 0 Å². The van der Waals surface area contributed by atoms with Crippen LogP contribution in [-0.4, -0.2) is 31.9 Å². The highest BCUT2D eigenvalue weighted by Crippen LogP contribution is 2.29. The largest absolute Gasteiger partial charge is 0.480 e. The Morgan fingerprint density at radius 3 is 2.40 bits per heavy atom. The summed E-state index contributed by atoms with van der Waals surface area (Å²) in [6, 6.07) is 7.07. The summed E-state index contributed by atoms with van der Waals surface area (Å²) in [5.74, 6) is -1.03. The molecule has 0 saturated carbocycles. The van der Waals surface area contributed by atoms with Crippen LogP contribution in [0.4, 0.5) is 0 Å². The number of nitrogens with one attached hydrogen (secondary N) is 1. The minimum absolute atomic E-state index is 0.0861. The first-order valence-corrected chi connectivity index (χ1v) is 7.37. The average Bonchev–Trinajstić information content (AvgIpc) is 2.58. The first-order valence-electron chi connectivity index (χ1n) is 5.88. The molecule has 1 aliphatic rings. The summed E-state index contributed by atoms with van der Waals surface area (Å²) in [5, 5.41) is 8.60. The fraction of sp³-hybridized carbons (Fsp3) is 0.231. The van der Waals surface area contributed by atoms with Gasteiger partial charge in [0.15, 0.2) is 0 Å². The zero-order valence-corrected chi connectivity index (χ0v) is 11.9. The fourth-order valence-corrected chi connectivity index (χ4v) is 3.46. The summed E-state index contributed by atoms with van der Waals surface area (Å²) in [4.78, 5) is 14.4. The second-order valence-corrected chi connectivity index (χ2v) is 6.10. The molecule has 0 unspecified atom stereocenters. The summed E-state index contributed by atoms with van der Waals surface area (Å²) >= 11 is 0. The molecule has 2 N–H and O–H groups in total. The maximum absolute atomic E-state index is 12.1. The van der Waals surface area contributed by atoms with Gasteiger partial charge in [0.2, 0.25) is 0 Å². The van der Waals surface area contributed by atoms with E-state index in [4.69, 9.17) is 5.11 Å². The smallest absolute Gasteiger partial charge is 0.325 e. The lowest BCUT2D eigenvalue weighted by atomic mass is 10.1. The van der Waals surface area contributed by atoms with E-state index in [1.165, 1.54) is 0 Å². The Labute approximate surface area is 116 Å². The topological polar surface area (TPSA) is 95.8 Å². The van der Waals surface area contributed by atoms with Gasteiger partial charge >= 0.3 is 5.97 Å². The summed E-state index contributed by atoms with van der Waals surface area (Å²) in [6.45, 7) is 3.04. The van der Waals surface area contributed by atoms with Crippen LogP contribution in [0.5, 0.6) is 0 Å². The lowest BCUT2D eigenvalue weighted by Crippen LogP contribution is -2.24. The van der Waals surface area contributed by atoms with Crippen molar-refractivity contribution in [1.82, 2.24) is 4.72 Å². The number of hydrogen-bond acceptors (Lipinski definition) is 4. The van der Waals surface area contributed by atoms with Crippen LogP contribution in [0.25, 0.3) is 4.91 Å². The highest BCUT2D eigenvalue weighted by Gasteiger charge is 2.32. The molecule has 0 fully saturated rings. The van der Waals surface area contributed by atoms with E-state index in [0.29, 0.717) is 11.1 Å². The number of aryl methyl sites for hydroxylation is 1. The molecule has 0 saturated heterocycles. The van der Waals surface area contributed by atoms with Crippen molar-refractivity contribution in [2.24, 2.45) is 4.99 Å². The zero-order valence-electron chi connectivity index (χ0n) is 11.0. The number of carboxylic acids is 1. The number of amidine groups is 1. The molecular formula is C13H14N2O4S. The molecule has 0 radical (unpaired) electrons. The van der Waals surface area contributed by atoms with Gasteiger partial charge in [-0.2, -0.15) is 0 Å². The van der Waals surface area contributed by atoms with Crippen molar-refractivity contribution >= 4 is 26.7 Å². The van der Waals surface area contributed by atoms with E-state index in [1.54, 1.807) is 19.1 Å². The van der Waals surface area contributed by atoms with Crippen molar-refractivity contribution in [2.45, 2.75) is 13.8 Å². The van der Waals surface area contributed by atoms with Crippen LogP contribution in [-0.2, 0) is 14.8 Å². The molecule has 0 aliphatic carbocycles. The molecule has 1 aromatic rings. The third-order valence-corrected chi connectivity index (χ3v) is 4.42. The van der Waals surface area contributed by atoms with Gasteiger partial charge in [-0.25, -0.2) is 8.42 Å². The normalized spacial score (nSPS) is 19.2. The Morgan fingerprint density at radius 2 is 1.85 bits per heavy atom. The molecule has 1 aliphatic heterocycles. The predicted octanol–water partition coefficient (Wildman–Crippen LogP) is 1.14. The Kier molecular flexibility index (Phi) is 3.63. The van der Waals surface area contributed by atoms with E-state index in [0.717, 1.165) is 5.56 Å². The molecule has 0 amide bonds. The number of hydrogen-bond donors (Lipinski definition) is 2. The lowest BCUT2D eigenvalue weighted by Gasteiger charge is -2.03. The molecule has 20 heavy (non-hydrogen) atoms. The Hall–Kier alpha value is -2.15. The van der Waals surface area contributed by atoms with Crippen molar-refractivity contribution < 1.29 is 18.3 Å². The van der Waals surface area contributed by atoms with Crippen molar-refractivity contribution in [2.75, 3.05) is 6.54 Å². The standard InChI is InChI=1S/C13H14N2O4S/c1-8-3-5-10(6-4-8)12-9(2)13(14-7-11(16)17)15-20(12,18)19/h3-6H,7H2,1-2H3,(H,14,15)(H,16,17). The summed E-state index contributed by atoms with van der Waals surface area (Å²) < 4.78 is 26.5. The molecule has 2 rings (SSSR count). The van der Waals surface area contributed by atoms with Crippen molar-refractivity contribution in [3.8, 4) is 0 Å². The molecule has 6 nitrogen and oxygen atoms in total.